The molecule has 19 heavy (non-hydrogen) atoms. The lowest BCUT2D eigenvalue weighted by Gasteiger charge is -1.96. The maximum atomic E-state index is 11.0. The van der Waals surface area contributed by atoms with E-state index in [2.05, 4.69) is 22.6 Å². The van der Waals surface area contributed by atoms with E-state index in [0.29, 0.717) is 12.0 Å². The van der Waals surface area contributed by atoms with E-state index in [-0.39, 0.29) is 11.9 Å². The molecule has 0 N–H and O–H groups in total. The largest absolute Gasteiger partial charge is 0.435 e. The molecule has 0 aliphatic heterocycles. The number of hydrogen-bond acceptors (Lipinski definition) is 4. The third-order valence-corrected chi connectivity index (χ3v) is 1.87. The average molecular weight is 262 g/mol. The molecule has 0 bridgehead atoms. The van der Waals surface area contributed by atoms with Crippen molar-refractivity contribution >= 4 is 11.9 Å². The van der Waals surface area contributed by atoms with Crippen LogP contribution in [0.4, 0.5) is 0 Å². The summed E-state index contributed by atoms with van der Waals surface area (Å²) in [6.45, 7) is 8.44. The lowest BCUT2D eigenvalue weighted by atomic mass is 10.2. The number of esters is 2. The van der Waals surface area contributed by atoms with Crippen molar-refractivity contribution in [2.45, 2.75) is 19.8 Å². The van der Waals surface area contributed by atoms with Gasteiger partial charge in [-0.05, 0) is 18.6 Å². The van der Waals surface area contributed by atoms with Crippen LogP contribution in [0.1, 0.15) is 30.1 Å². The molecule has 0 aromatic heterocycles. The van der Waals surface area contributed by atoms with Crippen LogP contribution in [-0.2, 0) is 14.3 Å². The fourth-order valence-corrected chi connectivity index (χ4v) is 1.07. The van der Waals surface area contributed by atoms with E-state index < -0.39 is 0 Å². The first-order valence-corrected chi connectivity index (χ1v) is 5.83. The maximum Gasteiger partial charge on any atom is 0.342 e. The SMILES string of the molecule is C=COC(=O)CCC.C=COC(=O)c1ccccc1. The van der Waals surface area contributed by atoms with Crippen molar-refractivity contribution in [1.29, 1.82) is 0 Å². The minimum Gasteiger partial charge on any atom is -0.435 e. The van der Waals surface area contributed by atoms with E-state index >= 15 is 0 Å². The molecular weight excluding hydrogens is 244 g/mol. The van der Waals surface area contributed by atoms with Crippen LogP contribution in [0.15, 0.2) is 56.0 Å². The molecule has 4 nitrogen and oxygen atoms in total. The molecule has 0 saturated heterocycles. The van der Waals surface area contributed by atoms with Gasteiger partial charge in [0.1, 0.15) is 0 Å². The van der Waals surface area contributed by atoms with Gasteiger partial charge in [0.25, 0.3) is 0 Å². The standard InChI is InChI=1S/C9H8O2.C6H10O2/c1-2-11-9(10)8-6-4-3-5-7-8;1-3-5-6(7)8-4-2/h2-7H,1H2;4H,2-3,5H2,1H3. The van der Waals surface area contributed by atoms with E-state index in [1.807, 2.05) is 13.0 Å². The van der Waals surface area contributed by atoms with Gasteiger partial charge < -0.3 is 9.47 Å². The van der Waals surface area contributed by atoms with Crippen molar-refractivity contribution in [3.8, 4) is 0 Å². The molecule has 0 aliphatic carbocycles. The number of hydrogen-bond donors (Lipinski definition) is 0. The maximum absolute atomic E-state index is 11.0. The second-order valence-corrected chi connectivity index (χ2v) is 3.34. The van der Waals surface area contributed by atoms with Crippen LogP contribution < -0.4 is 0 Å². The Kier molecular flexibility index (Phi) is 9.43. The zero-order valence-corrected chi connectivity index (χ0v) is 11.0. The highest BCUT2D eigenvalue weighted by Gasteiger charge is 2.01. The summed E-state index contributed by atoms with van der Waals surface area (Å²) in [6, 6.07) is 8.77. The second-order valence-electron chi connectivity index (χ2n) is 3.34. The van der Waals surface area contributed by atoms with Crippen LogP contribution in [0.5, 0.6) is 0 Å². The first-order valence-electron chi connectivity index (χ1n) is 5.83. The summed E-state index contributed by atoms with van der Waals surface area (Å²) in [5.74, 6) is -0.580. The molecule has 1 aromatic carbocycles. The summed E-state index contributed by atoms with van der Waals surface area (Å²) in [4.78, 5) is 21.3. The molecule has 0 radical (unpaired) electrons. The predicted octanol–water partition coefficient (Wildman–Crippen LogP) is 3.46. The monoisotopic (exact) mass is 262 g/mol. The van der Waals surface area contributed by atoms with Crippen molar-refractivity contribution in [3.63, 3.8) is 0 Å². The Morgan fingerprint density at radius 1 is 1.11 bits per heavy atom. The van der Waals surface area contributed by atoms with Crippen molar-refractivity contribution in [1.82, 2.24) is 0 Å². The van der Waals surface area contributed by atoms with Gasteiger partial charge in [-0.2, -0.15) is 0 Å². The molecule has 0 fully saturated rings. The number of benzene rings is 1. The van der Waals surface area contributed by atoms with Crippen molar-refractivity contribution < 1.29 is 19.1 Å². The minimum atomic E-state index is -0.374. The molecule has 4 heteroatoms. The molecular formula is C15H18O4. The number of ether oxygens (including phenoxy) is 2. The van der Waals surface area contributed by atoms with Crippen molar-refractivity contribution in [2.24, 2.45) is 0 Å². The average Bonchev–Trinajstić information content (AvgIpc) is 2.41. The van der Waals surface area contributed by atoms with Gasteiger partial charge in [-0.15, -0.1) is 0 Å². The van der Waals surface area contributed by atoms with Crippen LogP contribution >= 0.6 is 0 Å². The summed E-state index contributed by atoms with van der Waals surface area (Å²) in [5.41, 5.74) is 0.535. The molecule has 0 amide bonds. The Hall–Kier alpha value is -2.36. The molecule has 102 valence electrons. The number of carbonyl (C=O) groups is 2. The summed E-state index contributed by atoms with van der Waals surface area (Å²) < 4.78 is 8.96. The summed E-state index contributed by atoms with van der Waals surface area (Å²) in [6.07, 6.45) is 3.58. The Bertz CT molecular complexity index is 409. The van der Waals surface area contributed by atoms with Crippen LogP contribution in [0.3, 0.4) is 0 Å². The van der Waals surface area contributed by atoms with Gasteiger partial charge in [0.2, 0.25) is 0 Å². The third kappa shape index (κ3) is 8.37. The van der Waals surface area contributed by atoms with Crippen LogP contribution in [-0.4, -0.2) is 11.9 Å². The van der Waals surface area contributed by atoms with Gasteiger partial charge in [0, 0.05) is 6.42 Å². The highest BCUT2D eigenvalue weighted by Crippen LogP contribution is 2.00. The van der Waals surface area contributed by atoms with Crippen LogP contribution in [0, 0.1) is 0 Å². The smallest absolute Gasteiger partial charge is 0.342 e. The topological polar surface area (TPSA) is 52.6 Å². The summed E-state index contributed by atoms with van der Waals surface area (Å²) >= 11 is 0. The van der Waals surface area contributed by atoms with Gasteiger partial charge in [0.05, 0.1) is 18.1 Å². The van der Waals surface area contributed by atoms with Gasteiger partial charge in [-0.3, -0.25) is 4.79 Å². The normalized spacial score (nSPS) is 8.47. The van der Waals surface area contributed by atoms with E-state index in [1.165, 1.54) is 0 Å². The van der Waals surface area contributed by atoms with Crippen molar-refractivity contribution in [3.05, 3.63) is 61.6 Å². The van der Waals surface area contributed by atoms with Gasteiger partial charge in [-0.1, -0.05) is 38.3 Å². The fourth-order valence-electron chi connectivity index (χ4n) is 1.07. The first kappa shape index (κ1) is 16.6. The molecule has 0 saturated carbocycles. The Morgan fingerprint density at radius 2 is 1.68 bits per heavy atom. The Labute approximate surface area is 113 Å². The molecule has 0 heterocycles. The third-order valence-electron chi connectivity index (χ3n) is 1.87. The molecule has 1 aromatic rings. The van der Waals surface area contributed by atoms with E-state index in [1.54, 1.807) is 24.3 Å². The lowest BCUT2D eigenvalue weighted by Crippen LogP contribution is -1.98. The first-order chi connectivity index (χ1) is 9.15. The van der Waals surface area contributed by atoms with Gasteiger partial charge >= 0.3 is 11.9 Å². The zero-order chi connectivity index (χ0) is 14.5. The highest BCUT2D eigenvalue weighted by atomic mass is 16.5. The Balaban J connectivity index is 0.000000362. The van der Waals surface area contributed by atoms with Crippen LogP contribution in [0.25, 0.3) is 0 Å². The van der Waals surface area contributed by atoms with Gasteiger partial charge in [0.15, 0.2) is 0 Å². The number of carbonyl (C=O) groups excluding carboxylic acids is 2. The fraction of sp³-hybridized carbons (Fsp3) is 0.200. The van der Waals surface area contributed by atoms with E-state index in [0.717, 1.165) is 18.9 Å². The van der Waals surface area contributed by atoms with E-state index in [4.69, 9.17) is 0 Å². The number of rotatable bonds is 5. The lowest BCUT2D eigenvalue weighted by molar-refractivity contribution is -0.137. The summed E-state index contributed by atoms with van der Waals surface area (Å²) in [5, 5.41) is 0. The summed E-state index contributed by atoms with van der Waals surface area (Å²) in [7, 11) is 0. The van der Waals surface area contributed by atoms with E-state index in [9.17, 15) is 9.59 Å². The molecule has 1 rings (SSSR count). The zero-order valence-electron chi connectivity index (χ0n) is 11.0. The van der Waals surface area contributed by atoms with Crippen LogP contribution in [0.2, 0.25) is 0 Å². The quantitative estimate of drug-likeness (QED) is 0.602. The van der Waals surface area contributed by atoms with Crippen molar-refractivity contribution in [2.75, 3.05) is 0 Å². The van der Waals surface area contributed by atoms with Gasteiger partial charge in [-0.25, -0.2) is 4.79 Å². The second kappa shape index (κ2) is 10.8. The minimum absolute atomic E-state index is 0.206. The molecule has 0 unspecified atom stereocenters. The molecule has 0 atom stereocenters. The molecule has 0 spiro atoms. The highest BCUT2D eigenvalue weighted by molar-refractivity contribution is 5.89. The molecule has 0 aliphatic rings. The Morgan fingerprint density at radius 3 is 2.16 bits per heavy atom. The predicted molar refractivity (Wildman–Crippen MR) is 73.3 cm³/mol.